The topological polar surface area (TPSA) is 57.6 Å². The minimum atomic E-state index is -0.964. The second kappa shape index (κ2) is 4.50. The summed E-state index contributed by atoms with van der Waals surface area (Å²) in [6, 6.07) is 0. The molecule has 4 atom stereocenters. The molecule has 4 nitrogen and oxygen atoms in total. The Hall–Kier alpha value is -1.06. The van der Waals surface area contributed by atoms with Gasteiger partial charge < -0.3 is 10.0 Å². The number of likely N-dealkylation sites (tertiary alicyclic amines) is 1. The fourth-order valence-electron chi connectivity index (χ4n) is 4.55. The van der Waals surface area contributed by atoms with Crippen LogP contribution < -0.4 is 0 Å². The molecule has 3 fully saturated rings. The van der Waals surface area contributed by atoms with Crippen LogP contribution in [0.1, 0.15) is 51.9 Å². The Morgan fingerprint density at radius 1 is 1.32 bits per heavy atom. The third-order valence-electron chi connectivity index (χ3n) is 5.72. The van der Waals surface area contributed by atoms with Crippen molar-refractivity contribution in [2.24, 2.45) is 17.8 Å². The van der Waals surface area contributed by atoms with E-state index in [2.05, 4.69) is 0 Å². The van der Waals surface area contributed by atoms with Crippen molar-refractivity contribution < 1.29 is 14.7 Å². The maximum atomic E-state index is 12.5. The predicted molar refractivity (Wildman–Crippen MR) is 70.5 cm³/mol. The zero-order chi connectivity index (χ0) is 13.6. The minimum absolute atomic E-state index is 0.0694. The fraction of sp³-hybridized carbons (Fsp3) is 0.867. The molecule has 0 radical (unpaired) electrons. The molecular weight excluding hydrogens is 242 g/mol. The van der Waals surface area contributed by atoms with Crippen LogP contribution in [-0.4, -0.2) is 34.0 Å². The van der Waals surface area contributed by atoms with Gasteiger partial charge in [-0.1, -0.05) is 6.42 Å². The van der Waals surface area contributed by atoms with Crippen molar-refractivity contribution in [2.75, 3.05) is 6.54 Å². The van der Waals surface area contributed by atoms with Gasteiger partial charge in [-0.2, -0.15) is 0 Å². The molecule has 0 aromatic carbocycles. The second-order valence-corrected chi connectivity index (χ2v) is 6.87. The summed E-state index contributed by atoms with van der Waals surface area (Å²) in [6.45, 7) is 2.31. The van der Waals surface area contributed by atoms with Crippen LogP contribution >= 0.6 is 0 Å². The van der Waals surface area contributed by atoms with Crippen molar-refractivity contribution in [1.29, 1.82) is 0 Å². The Labute approximate surface area is 114 Å². The Balaban J connectivity index is 1.65. The van der Waals surface area contributed by atoms with E-state index in [1.165, 1.54) is 25.7 Å². The van der Waals surface area contributed by atoms with Crippen LogP contribution in [0.5, 0.6) is 0 Å². The SMILES string of the molecule is CC1(C(=O)O)CCCN1C(=O)CC1CC2CCC1C2. The van der Waals surface area contributed by atoms with Crippen molar-refractivity contribution >= 4 is 11.9 Å². The number of carboxylic acids is 1. The van der Waals surface area contributed by atoms with Gasteiger partial charge in [-0.05, 0) is 56.8 Å². The van der Waals surface area contributed by atoms with E-state index in [0.29, 0.717) is 25.3 Å². The van der Waals surface area contributed by atoms with Gasteiger partial charge >= 0.3 is 5.97 Å². The van der Waals surface area contributed by atoms with Gasteiger partial charge in [0.25, 0.3) is 0 Å². The van der Waals surface area contributed by atoms with Gasteiger partial charge in [-0.25, -0.2) is 4.79 Å². The summed E-state index contributed by atoms with van der Waals surface area (Å²) in [5.41, 5.74) is -0.964. The number of hydrogen-bond donors (Lipinski definition) is 1. The minimum Gasteiger partial charge on any atom is -0.480 e. The summed E-state index contributed by atoms with van der Waals surface area (Å²) >= 11 is 0. The van der Waals surface area contributed by atoms with Crippen LogP contribution in [0.4, 0.5) is 0 Å². The van der Waals surface area contributed by atoms with E-state index in [0.717, 1.165) is 18.3 Å². The third kappa shape index (κ3) is 2.05. The van der Waals surface area contributed by atoms with Crippen molar-refractivity contribution in [3.8, 4) is 0 Å². The van der Waals surface area contributed by atoms with Gasteiger partial charge in [-0.3, -0.25) is 4.79 Å². The van der Waals surface area contributed by atoms with Gasteiger partial charge in [0, 0.05) is 13.0 Å². The van der Waals surface area contributed by atoms with Crippen molar-refractivity contribution in [3.63, 3.8) is 0 Å². The van der Waals surface area contributed by atoms with Crippen LogP contribution in [0.3, 0.4) is 0 Å². The summed E-state index contributed by atoms with van der Waals surface area (Å²) in [5, 5.41) is 9.36. The van der Waals surface area contributed by atoms with Crippen LogP contribution in [-0.2, 0) is 9.59 Å². The Morgan fingerprint density at radius 3 is 2.68 bits per heavy atom. The lowest BCUT2D eigenvalue weighted by Crippen LogP contribution is -2.51. The molecule has 3 aliphatic rings. The molecule has 0 spiro atoms. The quantitative estimate of drug-likeness (QED) is 0.851. The summed E-state index contributed by atoms with van der Waals surface area (Å²) in [4.78, 5) is 25.5. The smallest absolute Gasteiger partial charge is 0.329 e. The maximum absolute atomic E-state index is 12.5. The Bertz CT molecular complexity index is 408. The molecule has 2 bridgehead atoms. The largest absolute Gasteiger partial charge is 0.480 e. The first-order valence-corrected chi connectivity index (χ1v) is 7.54. The maximum Gasteiger partial charge on any atom is 0.329 e. The molecule has 2 aliphatic carbocycles. The highest BCUT2D eigenvalue weighted by atomic mass is 16.4. The van der Waals surface area contributed by atoms with E-state index >= 15 is 0 Å². The number of rotatable bonds is 3. The van der Waals surface area contributed by atoms with Crippen molar-refractivity contribution in [2.45, 2.75) is 57.4 Å². The number of aliphatic carboxylic acids is 1. The first kappa shape index (κ1) is 12.9. The zero-order valence-electron chi connectivity index (χ0n) is 11.6. The molecular formula is C15H23NO3. The molecule has 0 aromatic rings. The molecule has 1 heterocycles. The molecule has 1 amide bonds. The van der Waals surface area contributed by atoms with Gasteiger partial charge in [0.1, 0.15) is 5.54 Å². The van der Waals surface area contributed by atoms with Crippen LogP contribution in [0.2, 0.25) is 0 Å². The fourth-order valence-corrected chi connectivity index (χ4v) is 4.55. The Kier molecular flexibility index (Phi) is 3.06. The number of carboxylic acid groups (broad SMARTS) is 1. The van der Waals surface area contributed by atoms with E-state index in [1.54, 1.807) is 11.8 Å². The average Bonchev–Trinajstić information content (AvgIpc) is 3.03. The second-order valence-electron chi connectivity index (χ2n) is 6.87. The number of fused-ring (bicyclic) bond motifs is 2. The highest BCUT2D eigenvalue weighted by molar-refractivity contribution is 5.87. The van der Waals surface area contributed by atoms with E-state index < -0.39 is 11.5 Å². The van der Waals surface area contributed by atoms with Gasteiger partial charge in [0.15, 0.2) is 0 Å². The number of amides is 1. The van der Waals surface area contributed by atoms with Crippen LogP contribution in [0, 0.1) is 17.8 Å². The lowest BCUT2D eigenvalue weighted by atomic mass is 9.85. The number of carbonyl (C=O) groups is 2. The zero-order valence-corrected chi connectivity index (χ0v) is 11.6. The first-order valence-electron chi connectivity index (χ1n) is 7.54. The molecule has 1 N–H and O–H groups in total. The number of nitrogens with zero attached hydrogens (tertiary/aromatic N) is 1. The van der Waals surface area contributed by atoms with Gasteiger partial charge in [-0.15, -0.1) is 0 Å². The van der Waals surface area contributed by atoms with Gasteiger partial charge in [0.05, 0.1) is 0 Å². The predicted octanol–water partition coefficient (Wildman–Crippen LogP) is 2.28. The van der Waals surface area contributed by atoms with E-state index in [9.17, 15) is 14.7 Å². The monoisotopic (exact) mass is 265 g/mol. The average molecular weight is 265 g/mol. The molecule has 106 valence electrons. The first-order chi connectivity index (χ1) is 9.00. The summed E-state index contributed by atoms with van der Waals surface area (Å²) < 4.78 is 0. The number of hydrogen-bond acceptors (Lipinski definition) is 2. The third-order valence-corrected chi connectivity index (χ3v) is 5.72. The Morgan fingerprint density at radius 2 is 2.11 bits per heavy atom. The van der Waals surface area contributed by atoms with Gasteiger partial charge in [0.2, 0.25) is 5.91 Å². The van der Waals surface area contributed by atoms with Crippen LogP contribution in [0.25, 0.3) is 0 Å². The molecule has 2 saturated carbocycles. The normalized spacial score (nSPS) is 40.9. The summed E-state index contributed by atoms with van der Waals surface area (Å²) in [5.74, 6) is 1.30. The van der Waals surface area contributed by atoms with Crippen molar-refractivity contribution in [1.82, 2.24) is 4.90 Å². The number of carbonyl (C=O) groups excluding carboxylic acids is 1. The molecule has 1 aliphatic heterocycles. The molecule has 0 aromatic heterocycles. The van der Waals surface area contributed by atoms with E-state index in [-0.39, 0.29) is 5.91 Å². The highest BCUT2D eigenvalue weighted by Gasteiger charge is 2.47. The van der Waals surface area contributed by atoms with E-state index in [1.807, 2.05) is 0 Å². The van der Waals surface area contributed by atoms with E-state index in [4.69, 9.17) is 0 Å². The molecule has 19 heavy (non-hydrogen) atoms. The lowest BCUT2D eigenvalue weighted by molar-refractivity contribution is -0.155. The molecule has 4 heteroatoms. The lowest BCUT2D eigenvalue weighted by Gasteiger charge is -2.33. The highest BCUT2D eigenvalue weighted by Crippen LogP contribution is 2.50. The molecule has 3 rings (SSSR count). The van der Waals surface area contributed by atoms with Crippen LogP contribution in [0.15, 0.2) is 0 Å². The standard InChI is InChI=1S/C15H23NO3/c1-15(14(18)19)5-2-6-16(15)13(17)9-12-8-10-3-4-11(12)7-10/h10-12H,2-9H2,1H3,(H,18,19). The molecule has 1 saturated heterocycles. The molecule has 4 unspecified atom stereocenters. The summed E-state index contributed by atoms with van der Waals surface area (Å²) in [6.07, 6.45) is 7.08. The summed E-state index contributed by atoms with van der Waals surface area (Å²) in [7, 11) is 0. The van der Waals surface area contributed by atoms with Crippen molar-refractivity contribution in [3.05, 3.63) is 0 Å².